The summed E-state index contributed by atoms with van der Waals surface area (Å²) in [4.78, 5) is 12.4. The monoisotopic (exact) mass is 515 g/mol. The van der Waals surface area contributed by atoms with E-state index in [9.17, 15) is 15.0 Å². The number of nitrogens with one attached hydrogen (secondary N) is 1. The maximum atomic E-state index is 12.4. The van der Waals surface area contributed by atoms with Crippen molar-refractivity contribution < 1.29 is 15.0 Å². The van der Waals surface area contributed by atoms with Gasteiger partial charge in [-0.1, -0.05) is 74.5 Å². The molecule has 0 radical (unpaired) electrons. The first-order chi connectivity index (χ1) is 17.6. The number of hydrazone groups is 1. The second kappa shape index (κ2) is 10.9. The van der Waals surface area contributed by atoms with Crippen LogP contribution in [0.15, 0.2) is 77.0 Å². The Kier molecular flexibility index (Phi) is 7.63. The van der Waals surface area contributed by atoms with Crippen LogP contribution in [0.4, 0.5) is 0 Å². The van der Waals surface area contributed by atoms with Gasteiger partial charge in [0.25, 0.3) is 5.91 Å². The number of carbonyl (C=O) groups is 1. The molecule has 0 aliphatic carbocycles. The van der Waals surface area contributed by atoms with Gasteiger partial charge < -0.3 is 10.2 Å². The van der Waals surface area contributed by atoms with Gasteiger partial charge in [-0.3, -0.25) is 9.36 Å². The van der Waals surface area contributed by atoms with Crippen LogP contribution in [0.25, 0.3) is 17.1 Å². The Bertz CT molecular complexity index is 1420. The predicted molar refractivity (Wildman–Crippen MR) is 146 cm³/mol. The van der Waals surface area contributed by atoms with Crippen LogP contribution in [0.5, 0.6) is 11.5 Å². The highest BCUT2D eigenvalue weighted by Crippen LogP contribution is 2.30. The fourth-order valence-corrected chi connectivity index (χ4v) is 4.32. The molecule has 1 amide bonds. The summed E-state index contributed by atoms with van der Waals surface area (Å²) in [7, 11) is 0. The number of aromatic nitrogens is 3. The number of nitrogens with zero attached hydrogens (tertiary/aromatic N) is 4. The predicted octanol–water partition coefficient (Wildman–Crippen LogP) is 5.19. The Morgan fingerprint density at radius 1 is 1.03 bits per heavy atom. The number of aryl methyl sites for hydroxylation is 1. The van der Waals surface area contributed by atoms with Gasteiger partial charge in [0.2, 0.25) is 0 Å². The lowest BCUT2D eigenvalue weighted by Crippen LogP contribution is -2.20. The van der Waals surface area contributed by atoms with Crippen molar-refractivity contribution in [1.29, 1.82) is 0 Å². The van der Waals surface area contributed by atoms with Gasteiger partial charge in [-0.15, -0.1) is 10.2 Å². The Morgan fingerprint density at radius 3 is 2.38 bits per heavy atom. The molecule has 0 unspecified atom stereocenters. The molecule has 9 heteroatoms. The van der Waals surface area contributed by atoms with E-state index in [2.05, 4.69) is 53.6 Å². The number of benzene rings is 3. The number of amides is 1. The van der Waals surface area contributed by atoms with E-state index < -0.39 is 0 Å². The van der Waals surface area contributed by atoms with Gasteiger partial charge in [0.15, 0.2) is 11.0 Å². The SMILES string of the molecule is Cc1ccc(-n2c(SCC(=O)N/N=C\c3ccc(O)cc3O)nnc2-c2ccc(C(C)(C)C)cc2)cc1. The Balaban J connectivity index is 1.53. The van der Waals surface area contributed by atoms with Gasteiger partial charge in [0.05, 0.1) is 12.0 Å². The molecule has 0 fully saturated rings. The van der Waals surface area contributed by atoms with Gasteiger partial charge in [-0.2, -0.15) is 5.10 Å². The van der Waals surface area contributed by atoms with Crippen molar-refractivity contribution in [2.45, 2.75) is 38.3 Å². The van der Waals surface area contributed by atoms with E-state index in [4.69, 9.17) is 0 Å². The molecule has 1 aromatic heterocycles. The first kappa shape index (κ1) is 26.0. The zero-order valence-electron chi connectivity index (χ0n) is 21.1. The minimum atomic E-state index is -0.339. The summed E-state index contributed by atoms with van der Waals surface area (Å²) in [5.41, 5.74) is 7.05. The van der Waals surface area contributed by atoms with Crippen LogP contribution in [0.3, 0.4) is 0 Å². The first-order valence-corrected chi connectivity index (χ1v) is 12.7. The summed E-state index contributed by atoms with van der Waals surface area (Å²) in [6, 6.07) is 20.5. The molecule has 0 saturated heterocycles. The second-order valence-corrected chi connectivity index (χ2v) is 10.6. The molecule has 190 valence electrons. The molecule has 4 rings (SSSR count). The summed E-state index contributed by atoms with van der Waals surface area (Å²) in [5, 5.41) is 32.5. The molecule has 4 aromatic rings. The van der Waals surface area contributed by atoms with Crippen LogP contribution >= 0.6 is 11.8 Å². The number of aromatic hydroxyl groups is 2. The maximum absolute atomic E-state index is 12.4. The summed E-state index contributed by atoms with van der Waals surface area (Å²) in [6.45, 7) is 8.55. The average molecular weight is 516 g/mol. The maximum Gasteiger partial charge on any atom is 0.250 e. The van der Waals surface area contributed by atoms with E-state index in [1.165, 1.54) is 41.7 Å². The van der Waals surface area contributed by atoms with Crippen LogP contribution in [0.2, 0.25) is 0 Å². The third-order valence-corrected chi connectivity index (χ3v) is 6.60. The van der Waals surface area contributed by atoms with E-state index in [-0.39, 0.29) is 28.6 Å². The minimum Gasteiger partial charge on any atom is -0.508 e. The number of thioether (sulfide) groups is 1. The summed E-state index contributed by atoms with van der Waals surface area (Å²) in [6.07, 6.45) is 1.31. The van der Waals surface area contributed by atoms with Crippen molar-refractivity contribution in [3.8, 4) is 28.6 Å². The van der Waals surface area contributed by atoms with E-state index in [1.54, 1.807) is 0 Å². The highest BCUT2D eigenvalue weighted by atomic mass is 32.2. The lowest BCUT2D eigenvalue weighted by atomic mass is 9.87. The van der Waals surface area contributed by atoms with Gasteiger partial charge >= 0.3 is 0 Å². The Hall–Kier alpha value is -4.11. The van der Waals surface area contributed by atoms with Gasteiger partial charge in [0.1, 0.15) is 11.5 Å². The van der Waals surface area contributed by atoms with E-state index in [1.807, 2.05) is 47.9 Å². The standard InChI is InChI=1S/C28H29N5O3S/c1-18-5-12-22(13-6-18)33-26(19-7-10-21(11-8-19)28(2,3)4)31-32-27(33)37-17-25(36)30-29-16-20-9-14-23(34)15-24(20)35/h5-16,34-35H,17H2,1-4H3,(H,30,36)/b29-16-. The van der Waals surface area contributed by atoms with Crippen molar-refractivity contribution in [2.24, 2.45) is 5.10 Å². The lowest BCUT2D eigenvalue weighted by molar-refractivity contribution is -0.118. The molecule has 8 nitrogen and oxygen atoms in total. The van der Waals surface area contributed by atoms with Crippen molar-refractivity contribution in [3.05, 3.63) is 83.4 Å². The van der Waals surface area contributed by atoms with Crippen molar-refractivity contribution >= 4 is 23.9 Å². The van der Waals surface area contributed by atoms with Crippen LogP contribution in [-0.4, -0.2) is 42.9 Å². The molecule has 3 N–H and O–H groups in total. The van der Waals surface area contributed by atoms with Crippen molar-refractivity contribution in [3.63, 3.8) is 0 Å². The van der Waals surface area contributed by atoms with Gasteiger partial charge in [-0.05, 0) is 42.2 Å². The minimum absolute atomic E-state index is 0.0427. The molecule has 1 heterocycles. The Morgan fingerprint density at radius 2 is 1.73 bits per heavy atom. The smallest absolute Gasteiger partial charge is 0.250 e. The highest BCUT2D eigenvalue weighted by molar-refractivity contribution is 7.99. The summed E-state index contributed by atoms with van der Waals surface area (Å²) in [5.74, 6) is 0.215. The van der Waals surface area contributed by atoms with Gasteiger partial charge in [-0.25, -0.2) is 5.43 Å². The molecule has 3 aromatic carbocycles. The number of phenolic OH excluding ortho intramolecular Hbond substituents is 2. The zero-order valence-corrected chi connectivity index (χ0v) is 22.0. The zero-order chi connectivity index (χ0) is 26.6. The van der Waals surface area contributed by atoms with Crippen LogP contribution in [-0.2, 0) is 10.2 Å². The van der Waals surface area contributed by atoms with E-state index >= 15 is 0 Å². The second-order valence-electron chi connectivity index (χ2n) is 9.63. The van der Waals surface area contributed by atoms with E-state index in [0.29, 0.717) is 16.5 Å². The molecular formula is C28H29N5O3S. The number of hydrogen-bond acceptors (Lipinski definition) is 7. The molecule has 0 bridgehead atoms. The van der Waals surface area contributed by atoms with Crippen molar-refractivity contribution in [2.75, 3.05) is 5.75 Å². The first-order valence-electron chi connectivity index (χ1n) is 11.7. The summed E-state index contributed by atoms with van der Waals surface area (Å²) >= 11 is 1.25. The molecular weight excluding hydrogens is 486 g/mol. The van der Waals surface area contributed by atoms with Crippen LogP contribution < -0.4 is 5.43 Å². The van der Waals surface area contributed by atoms with Gasteiger partial charge in [0, 0.05) is 22.9 Å². The normalized spacial score (nSPS) is 11.7. The number of hydrogen-bond donors (Lipinski definition) is 3. The third kappa shape index (κ3) is 6.37. The quantitative estimate of drug-likeness (QED) is 0.177. The molecule has 0 atom stereocenters. The largest absolute Gasteiger partial charge is 0.508 e. The molecule has 37 heavy (non-hydrogen) atoms. The molecule has 0 spiro atoms. The number of phenols is 2. The molecule has 0 aliphatic rings. The van der Waals surface area contributed by atoms with E-state index in [0.717, 1.165) is 16.8 Å². The topological polar surface area (TPSA) is 113 Å². The Labute approximate surface area is 220 Å². The average Bonchev–Trinajstić information content (AvgIpc) is 3.28. The summed E-state index contributed by atoms with van der Waals surface area (Å²) < 4.78 is 1.95. The van der Waals surface area contributed by atoms with Crippen LogP contribution in [0, 0.1) is 6.92 Å². The molecule has 0 aliphatic heterocycles. The molecule has 0 saturated carbocycles. The fourth-order valence-electron chi connectivity index (χ4n) is 3.57. The van der Waals surface area contributed by atoms with Crippen molar-refractivity contribution in [1.82, 2.24) is 20.2 Å². The third-order valence-electron chi connectivity index (χ3n) is 5.67. The highest BCUT2D eigenvalue weighted by Gasteiger charge is 2.19. The lowest BCUT2D eigenvalue weighted by Gasteiger charge is -2.19. The number of carbonyl (C=O) groups excluding carboxylic acids is 1. The number of rotatable bonds is 7. The van der Waals surface area contributed by atoms with Crippen LogP contribution in [0.1, 0.15) is 37.5 Å². The fraction of sp³-hybridized carbons (Fsp3) is 0.214.